The van der Waals surface area contributed by atoms with E-state index in [4.69, 9.17) is 9.84 Å². The lowest BCUT2D eigenvalue weighted by Gasteiger charge is -2.10. The number of nitrogens with one attached hydrogen (secondary N) is 1. The summed E-state index contributed by atoms with van der Waals surface area (Å²) >= 11 is 1.27. The zero-order valence-electron chi connectivity index (χ0n) is 14.8. The Bertz CT molecular complexity index is 918. The molecule has 1 heterocycles. The van der Waals surface area contributed by atoms with Crippen LogP contribution in [0.15, 0.2) is 58.4 Å². The maximum Gasteiger partial charge on any atom is 0.344 e. The van der Waals surface area contributed by atoms with E-state index in [1.807, 2.05) is 31.2 Å². The number of thioether (sulfide) groups is 1. The van der Waals surface area contributed by atoms with E-state index < -0.39 is 12.1 Å². The van der Waals surface area contributed by atoms with Gasteiger partial charge in [0.1, 0.15) is 5.75 Å². The van der Waals surface area contributed by atoms with Gasteiger partial charge < -0.3 is 15.2 Å². The molecular formula is C20H18N2O4S. The van der Waals surface area contributed by atoms with Crippen molar-refractivity contribution >= 4 is 40.6 Å². The lowest BCUT2D eigenvalue weighted by molar-refractivity contribution is -0.144. The number of ether oxygens (including phenoxy) is 1. The van der Waals surface area contributed by atoms with E-state index in [1.165, 1.54) is 18.7 Å². The van der Waals surface area contributed by atoms with Crippen molar-refractivity contribution < 1.29 is 19.4 Å². The largest absolute Gasteiger partial charge is 0.479 e. The Morgan fingerprint density at radius 2 is 1.85 bits per heavy atom. The highest BCUT2D eigenvalue weighted by molar-refractivity contribution is 8.18. The minimum absolute atomic E-state index is 0.203. The van der Waals surface area contributed by atoms with Gasteiger partial charge in [-0.25, -0.2) is 9.79 Å². The fraction of sp³-hybridized carbons (Fsp3) is 0.150. The van der Waals surface area contributed by atoms with Gasteiger partial charge in [0, 0.05) is 0 Å². The molecule has 27 heavy (non-hydrogen) atoms. The zero-order valence-corrected chi connectivity index (χ0v) is 15.6. The van der Waals surface area contributed by atoms with Crippen molar-refractivity contribution in [2.24, 2.45) is 4.99 Å². The minimum atomic E-state index is -1.03. The predicted molar refractivity (Wildman–Crippen MR) is 106 cm³/mol. The molecule has 1 amide bonds. The number of carbonyl (C=O) groups excluding carboxylic acids is 1. The second-order valence-electron chi connectivity index (χ2n) is 5.98. The van der Waals surface area contributed by atoms with Crippen LogP contribution in [0.4, 0.5) is 5.69 Å². The van der Waals surface area contributed by atoms with Crippen molar-refractivity contribution in [3.8, 4) is 5.75 Å². The van der Waals surface area contributed by atoms with Crippen LogP contribution in [0, 0.1) is 6.92 Å². The molecule has 1 aliphatic rings. The van der Waals surface area contributed by atoms with E-state index in [0.29, 0.717) is 15.8 Å². The first-order valence-electron chi connectivity index (χ1n) is 8.26. The molecular weight excluding hydrogens is 364 g/mol. The van der Waals surface area contributed by atoms with Gasteiger partial charge in [-0.2, -0.15) is 0 Å². The molecule has 2 aromatic carbocycles. The van der Waals surface area contributed by atoms with Gasteiger partial charge in [-0.3, -0.25) is 4.79 Å². The monoisotopic (exact) mass is 382 g/mol. The molecule has 3 rings (SSSR count). The van der Waals surface area contributed by atoms with Crippen molar-refractivity contribution in [2.75, 3.05) is 0 Å². The lowest BCUT2D eigenvalue weighted by atomic mass is 10.2. The summed E-state index contributed by atoms with van der Waals surface area (Å²) in [5.74, 6) is -0.775. The number of aliphatic imine (C=N–C) groups is 1. The van der Waals surface area contributed by atoms with E-state index in [1.54, 1.807) is 30.3 Å². The number of amides is 1. The summed E-state index contributed by atoms with van der Waals surface area (Å²) in [4.78, 5) is 27.9. The van der Waals surface area contributed by atoms with Crippen LogP contribution in [0.3, 0.4) is 0 Å². The number of aryl methyl sites for hydroxylation is 1. The summed E-state index contributed by atoms with van der Waals surface area (Å²) in [5, 5.41) is 12.2. The number of hydrogen-bond acceptors (Lipinski definition) is 5. The summed E-state index contributed by atoms with van der Waals surface area (Å²) in [6.07, 6.45) is 0.827. The van der Waals surface area contributed by atoms with E-state index >= 15 is 0 Å². The van der Waals surface area contributed by atoms with Crippen LogP contribution in [0.1, 0.15) is 18.1 Å². The third kappa shape index (κ3) is 4.98. The number of nitrogens with zero attached hydrogens (tertiary/aromatic N) is 1. The standard InChI is InChI=1S/C20H18N2O4S/c1-12-3-7-15(8-4-12)21-20-22-18(23)17(27-20)11-14-5-9-16(10-6-14)26-13(2)19(24)25/h3-11,13H,1-2H3,(H,24,25)(H,21,22,23)/b17-11-/t13-/m0/s1. The maximum atomic E-state index is 12.1. The van der Waals surface area contributed by atoms with Crippen molar-refractivity contribution in [1.82, 2.24) is 5.32 Å². The Labute approximate surface area is 161 Å². The fourth-order valence-electron chi connectivity index (χ4n) is 2.27. The SMILES string of the molecule is Cc1ccc(N=C2NC(=O)/C(=C/c3ccc(O[C@@H](C)C(=O)O)cc3)S2)cc1. The Morgan fingerprint density at radius 3 is 2.48 bits per heavy atom. The predicted octanol–water partition coefficient (Wildman–Crippen LogP) is 3.74. The molecule has 0 bridgehead atoms. The van der Waals surface area contributed by atoms with E-state index in [-0.39, 0.29) is 5.91 Å². The molecule has 1 fully saturated rings. The Balaban J connectivity index is 1.70. The molecule has 6 nitrogen and oxygen atoms in total. The Hall–Kier alpha value is -3.06. The number of carboxylic acid groups (broad SMARTS) is 1. The van der Waals surface area contributed by atoms with E-state index in [2.05, 4.69) is 10.3 Å². The molecule has 0 spiro atoms. The smallest absolute Gasteiger partial charge is 0.344 e. The zero-order chi connectivity index (χ0) is 19.4. The average molecular weight is 382 g/mol. The van der Waals surface area contributed by atoms with Crippen molar-refractivity contribution in [1.29, 1.82) is 0 Å². The first-order valence-corrected chi connectivity index (χ1v) is 9.08. The van der Waals surface area contributed by atoms with Crippen LogP contribution in [0.5, 0.6) is 5.75 Å². The van der Waals surface area contributed by atoms with Crippen LogP contribution in [-0.4, -0.2) is 28.3 Å². The van der Waals surface area contributed by atoms with E-state index in [9.17, 15) is 9.59 Å². The third-order valence-corrected chi connectivity index (χ3v) is 4.66. The number of hydrogen-bond donors (Lipinski definition) is 2. The van der Waals surface area contributed by atoms with Gasteiger partial charge in [-0.05, 0) is 61.5 Å². The molecule has 1 aliphatic heterocycles. The van der Waals surface area contributed by atoms with Crippen LogP contribution in [-0.2, 0) is 9.59 Å². The highest BCUT2D eigenvalue weighted by atomic mass is 32.2. The Kier molecular flexibility index (Phi) is 5.61. The second-order valence-corrected chi connectivity index (χ2v) is 7.02. The first kappa shape index (κ1) is 18.7. The van der Waals surface area contributed by atoms with Gasteiger partial charge in [0.15, 0.2) is 11.3 Å². The topological polar surface area (TPSA) is 88.0 Å². The molecule has 2 N–H and O–H groups in total. The van der Waals surface area contributed by atoms with Gasteiger partial charge in [0.2, 0.25) is 0 Å². The Morgan fingerprint density at radius 1 is 1.19 bits per heavy atom. The molecule has 0 unspecified atom stereocenters. The van der Waals surface area contributed by atoms with Crippen molar-refractivity contribution in [2.45, 2.75) is 20.0 Å². The quantitative estimate of drug-likeness (QED) is 0.769. The van der Waals surface area contributed by atoms with Crippen LogP contribution in [0.25, 0.3) is 6.08 Å². The minimum Gasteiger partial charge on any atom is -0.479 e. The fourth-order valence-corrected chi connectivity index (χ4v) is 3.11. The number of carboxylic acids is 1. The number of rotatable bonds is 5. The molecule has 7 heteroatoms. The lowest BCUT2D eigenvalue weighted by Crippen LogP contribution is -2.22. The number of aliphatic carboxylic acids is 1. The molecule has 2 aromatic rings. The average Bonchev–Trinajstić information content (AvgIpc) is 2.97. The van der Waals surface area contributed by atoms with Gasteiger partial charge in [-0.15, -0.1) is 0 Å². The van der Waals surface area contributed by atoms with E-state index in [0.717, 1.165) is 16.8 Å². The molecule has 1 saturated heterocycles. The normalized spacial score (nSPS) is 17.8. The summed E-state index contributed by atoms with van der Waals surface area (Å²) in [7, 11) is 0. The number of amidine groups is 1. The van der Waals surface area contributed by atoms with Gasteiger partial charge >= 0.3 is 5.97 Å². The van der Waals surface area contributed by atoms with Gasteiger partial charge in [0.25, 0.3) is 5.91 Å². The van der Waals surface area contributed by atoms with Crippen molar-refractivity contribution in [3.63, 3.8) is 0 Å². The molecule has 0 radical (unpaired) electrons. The van der Waals surface area contributed by atoms with Crippen LogP contribution >= 0.6 is 11.8 Å². The number of carbonyl (C=O) groups is 2. The molecule has 138 valence electrons. The maximum absolute atomic E-state index is 12.1. The van der Waals surface area contributed by atoms with Crippen LogP contribution < -0.4 is 10.1 Å². The second kappa shape index (κ2) is 8.09. The van der Waals surface area contributed by atoms with Crippen molar-refractivity contribution in [3.05, 3.63) is 64.6 Å². The summed E-state index contributed by atoms with van der Waals surface area (Å²) in [6.45, 7) is 3.47. The molecule has 1 atom stereocenters. The highest BCUT2D eigenvalue weighted by Crippen LogP contribution is 2.28. The van der Waals surface area contributed by atoms with Gasteiger partial charge in [-0.1, -0.05) is 29.8 Å². The number of benzene rings is 2. The van der Waals surface area contributed by atoms with Gasteiger partial charge in [0.05, 0.1) is 10.6 Å². The summed E-state index contributed by atoms with van der Waals surface area (Å²) in [6, 6.07) is 14.6. The molecule has 0 saturated carbocycles. The summed E-state index contributed by atoms with van der Waals surface area (Å²) < 4.78 is 5.29. The first-order chi connectivity index (χ1) is 12.9. The highest BCUT2D eigenvalue weighted by Gasteiger charge is 2.23. The van der Waals surface area contributed by atoms with Crippen LogP contribution in [0.2, 0.25) is 0 Å². The molecule has 0 aliphatic carbocycles. The third-order valence-electron chi connectivity index (χ3n) is 3.75. The molecule has 0 aromatic heterocycles. The summed E-state index contributed by atoms with van der Waals surface area (Å²) in [5.41, 5.74) is 2.73.